The summed E-state index contributed by atoms with van der Waals surface area (Å²) in [5.74, 6) is -19.1. The van der Waals surface area contributed by atoms with Crippen LogP contribution in [0.2, 0.25) is 0 Å². The Morgan fingerprint density at radius 2 is 1.34 bits per heavy atom. The summed E-state index contributed by atoms with van der Waals surface area (Å²) in [4.78, 5) is 0. The summed E-state index contributed by atoms with van der Waals surface area (Å²) < 4.78 is 129. The highest BCUT2D eigenvalue weighted by molar-refractivity contribution is 5.31. The van der Waals surface area contributed by atoms with E-state index in [-0.39, 0.29) is 11.7 Å². The van der Waals surface area contributed by atoms with E-state index in [2.05, 4.69) is 0 Å². The van der Waals surface area contributed by atoms with E-state index in [4.69, 9.17) is 9.47 Å². The van der Waals surface area contributed by atoms with Gasteiger partial charge >= 0.3 is 23.9 Å². The van der Waals surface area contributed by atoms with Crippen molar-refractivity contribution in [1.29, 1.82) is 0 Å². The molecule has 11 heteroatoms. The third-order valence-corrected chi connectivity index (χ3v) is 4.60. The van der Waals surface area contributed by atoms with E-state index in [1.807, 2.05) is 6.92 Å². The SMILES string of the molecule is CCC(C)Oc1ccc(C(C)(CC(F)(F)C(F)(F)C(F)(F)C(F)(F)F)OC)cc1. The Kier molecular flexibility index (Phi) is 7.21. The topological polar surface area (TPSA) is 18.5 Å². The first kappa shape index (κ1) is 25.4. The van der Waals surface area contributed by atoms with Crippen molar-refractivity contribution in [2.24, 2.45) is 0 Å². The van der Waals surface area contributed by atoms with Gasteiger partial charge in [-0.3, -0.25) is 0 Å². The van der Waals surface area contributed by atoms with Crippen molar-refractivity contribution in [3.05, 3.63) is 29.8 Å². The summed E-state index contributed by atoms with van der Waals surface area (Å²) in [5.41, 5.74) is -2.42. The zero-order chi connectivity index (χ0) is 22.9. The third kappa shape index (κ3) is 4.92. The van der Waals surface area contributed by atoms with Gasteiger partial charge in [0, 0.05) is 7.11 Å². The molecule has 0 radical (unpaired) electrons. The highest BCUT2D eigenvalue weighted by atomic mass is 19.4. The second kappa shape index (κ2) is 8.23. The fraction of sp³-hybridized carbons (Fsp3) is 0.667. The Bertz CT molecular complexity index is 671. The lowest BCUT2D eigenvalue weighted by Crippen LogP contribution is -2.62. The molecule has 2 atom stereocenters. The van der Waals surface area contributed by atoms with Crippen LogP contribution in [0.5, 0.6) is 5.75 Å². The maximum Gasteiger partial charge on any atom is 0.460 e. The van der Waals surface area contributed by atoms with Gasteiger partial charge in [0.25, 0.3) is 0 Å². The molecule has 1 rings (SSSR count). The maximum absolute atomic E-state index is 14.1. The molecule has 0 spiro atoms. The molecule has 1 aromatic rings. The number of ether oxygens (including phenoxy) is 2. The summed E-state index contributed by atoms with van der Waals surface area (Å²) in [6.45, 7) is 4.49. The normalized spacial score (nSPS) is 17.0. The molecule has 0 heterocycles. The van der Waals surface area contributed by atoms with Crippen LogP contribution in [0.25, 0.3) is 0 Å². The van der Waals surface area contributed by atoms with Gasteiger partial charge in [-0.15, -0.1) is 0 Å². The number of methoxy groups -OCH3 is 1. The Balaban J connectivity index is 3.22. The quantitative estimate of drug-likeness (QED) is 0.404. The highest BCUT2D eigenvalue weighted by Crippen LogP contribution is 2.56. The Morgan fingerprint density at radius 3 is 1.72 bits per heavy atom. The first-order chi connectivity index (χ1) is 12.9. The van der Waals surface area contributed by atoms with Crippen molar-refractivity contribution >= 4 is 0 Å². The second-order valence-electron chi connectivity index (χ2n) is 6.82. The Labute approximate surface area is 162 Å². The third-order valence-electron chi connectivity index (χ3n) is 4.60. The largest absolute Gasteiger partial charge is 0.491 e. The number of alkyl halides is 9. The molecule has 168 valence electrons. The van der Waals surface area contributed by atoms with Crippen LogP contribution < -0.4 is 4.74 Å². The van der Waals surface area contributed by atoms with Crippen LogP contribution >= 0.6 is 0 Å². The standard InChI is InChI=1S/C18H21F9O2/c1-5-11(2)29-13-8-6-12(7-9-13)14(3,28-4)10-15(19,20)16(21,22)17(23,24)18(25,26)27/h6-9,11H,5,10H2,1-4H3. The molecule has 0 saturated carbocycles. The van der Waals surface area contributed by atoms with E-state index in [0.717, 1.165) is 14.0 Å². The van der Waals surface area contributed by atoms with E-state index in [9.17, 15) is 39.5 Å². The van der Waals surface area contributed by atoms with E-state index in [0.29, 0.717) is 12.2 Å². The van der Waals surface area contributed by atoms with Gasteiger partial charge in [-0.25, -0.2) is 0 Å². The minimum Gasteiger partial charge on any atom is -0.491 e. The molecular weight excluding hydrogens is 419 g/mol. The molecule has 2 unspecified atom stereocenters. The van der Waals surface area contributed by atoms with Crippen LogP contribution in [-0.2, 0) is 10.3 Å². The van der Waals surface area contributed by atoms with Crippen molar-refractivity contribution in [2.75, 3.05) is 7.11 Å². The Hall–Kier alpha value is -1.65. The molecule has 0 aromatic heterocycles. The Morgan fingerprint density at radius 1 is 0.862 bits per heavy atom. The lowest BCUT2D eigenvalue weighted by molar-refractivity contribution is -0.400. The average Bonchev–Trinajstić information content (AvgIpc) is 2.60. The predicted octanol–water partition coefficient (Wildman–Crippen LogP) is 6.58. The summed E-state index contributed by atoms with van der Waals surface area (Å²) in [6.07, 6.45) is -8.51. The first-order valence-electron chi connectivity index (χ1n) is 8.47. The smallest absolute Gasteiger partial charge is 0.460 e. The van der Waals surface area contributed by atoms with E-state index >= 15 is 0 Å². The van der Waals surface area contributed by atoms with Crippen LogP contribution in [0.15, 0.2) is 24.3 Å². The summed E-state index contributed by atoms with van der Waals surface area (Å²) >= 11 is 0. The monoisotopic (exact) mass is 440 g/mol. The number of hydrogen-bond acceptors (Lipinski definition) is 2. The number of hydrogen-bond donors (Lipinski definition) is 0. The van der Waals surface area contributed by atoms with Gasteiger partial charge in [0.05, 0.1) is 18.1 Å². The van der Waals surface area contributed by atoms with Crippen molar-refractivity contribution in [1.82, 2.24) is 0 Å². The van der Waals surface area contributed by atoms with Gasteiger partial charge in [-0.05, 0) is 38.0 Å². The van der Waals surface area contributed by atoms with E-state index < -0.39 is 36.0 Å². The average molecular weight is 440 g/mol. The predicted molar refractivity (Wildman–Crippen MR) is 86.7 cm³/mol. The molecule has 0 aliphatic carbocycles. The van der Waals surface area contributed by atoms with Gasteiger partial charge in [-0.1, -0.05) is 19.1 Å². The highest BCUT2D eigenvalue weighted by Gasteiger charge is 2.82. The van der Waals surface area contributed by atoms with Crippen LogP contribution in [0.3, 0.4) is 0 Å². The van der Waals surface area contributed by atoms with Gasteiger partial charge < -0.3 is 9.47 Å². The molecule has 1 aromatic carbocycles. The van der Waals surface area contributed by atoms with Crippen molar-refractivity contribution in [2.45, 2.75) is 69.3 Å². The van der Waals surface area contributed by atoms with Crippen LogP contribution in [0.1, 0.15) is 39.2 Å². The minimum atomic E-state index is -6.94. The lowest BCUT2D eigenvalue weighted by atomic mass is 9.85. The van der Waals surface area contributed by atoms with Gasteiger partial charge in [0.2, 0.25) is 0 Å². The molecule has 0 amide bonds. The molecule has 0 fully saturated rings. The lowest BCUT2D eigenvalue weighted by Gasteiger charge is -2.38. The first-order valence-corrected chi connectivity index (χ1v) is 8.47. The fourth-order valence-electron chi connectivity index (χ4n) is 2.44. The number of halogens is 9. The zero-order valence-electron chi connectivity index (χ0n) is 16.0. The zero-order valence-corrected chi connectivity index (χ0v) is 16.0. The van der Waals surface area contributed by atoms with Crippen molar-refractivity contribution in [3.63, 3.8) is 0 Å². The minimum absolute atomic E-state index is 0.137. The molecule has 0 bridgehead atoms. The second-order valence-corrected chi connectivity index (χ2v) is 6.82. The molecule has 0 aliphatic heterocycles. The van der Waals surface area contributed by atoms with E-state index in [1.54, 1.807) is 6.92 Å². The maximum atomic E-state index is 14.1. The number of rotatable bonds is 9. The fourth-order valence-corrected chi connectivity index (χ4v) is 2.44. The summed E-state index contributed by atoms with van der Waals surface area (Å²) in [5, 5.41) is 0. The van der Waals surface area contributed by atoms with Gasteiger partial charge in [-0.2, -0.15) is 39.5 Å². The molecule has 0 N–H and O–H groups in total. The van der Waals surface area contributed by atoms with Gasteiger partial charge in [0.1, 0.15) is 5.75 Å². The molecule has 2 nitrogen and oxygen atoms in total. The van der Waals surface area contributed by atoms with Crippen LogP contribution in [0, 0.1) is 0 Å². The number of benzene rings is 1. The summed E-state index contributed by atoms with van der Waals surface area (Å²) in [7, 11) is 0.847. The molecule has 0 aliphatic rings. The summed E-state index contributed by atoms with van der Waals surface area (Å²) in [6, 6.07) is 4.99. The molecule has 29 heavy (non-hydrogen) atoms. The molecule has 0 saturated heterocycles. The van der Waals surface area contributed by atoms with Crippen LogP contribution in [-0.4, -0.2) is 37.2 Å². The van der Waals surface area contributed by atoms with E-state index in [1.165, 1.54) is 24.3 Å². The van der Waals surface area contributed by atoms with Crippen molar-refractivity contribution in [3.8, 4) is 5.75 Å². The van der Waals surface area contributed by atoms with Gasteiger partial charge in [0.15, 0.2) is 0 Å². The van der Waals surface area contributed by atoms with Crippen LogP contribution in [0.4, 0.5) is 39.5 Å². The van der Waals surface area contributed by atoms with Crippen molar-refractivity contribution < 1.29 is 49.0 Å². The molecular formula is C18H21F9O2.